The predicted octanol–water partition coefficient (Wildman–Crippen LogP) is 2.50. The molecule has 0 aromatic rings. The van der Waals surface area contributed by atoms with E-state index in [1.165, 1.54) is 0 Å². The van der Waals surface area contributed by atoms with E-state index in [1.807, 2.05) is 4.90 Å². The monoisotopic (exact) mass is 278 g/mol. The summed E-state index contributed by atoms with van der Waals surface area (Å²) >= 11 is 0. The van der Waals surface area contributed by atoms with Crippen LogP contribution >= 0.6 is 0 Å². The van der Waals surface area contributed by atoms with E-state index in [2.05, 4.69) is 15.9 Å². The van der Waals surface area contributed by atoms with Crippen molar-refractivity contribution in [2.75, 3.05) is 26.3 Å². The van der Waals surface area contributed by atoms with Crippen molar-refractivity contribution in [2.24, 2.45) is 5.11 Å². The Kier molecular flexibility index (Phi) is 8.28. The second-order valence-corrected chi connectivity index (χ2v) is 4.87. The molecule has 1 heterocycles. The summed E-state index contributed by atoms with van der Waals surface area (Å²) in [5.74, 6) is 2.61. The van der Waals surface area contributed by atoms with Gasteiger partial charge in [-0.15, -0.1) is 6.42 Å². The van der Waals surface area contributed by atoms with Crippen LogP contribution in [0.2, 0.25) is 0 Å². The summed E-state index contributed by atoms with van der Waals surface area (Å²) in [6.07, 6.45) is 10.3. The van der Waals surface area contributed by atoms with Crippen molar-refractivity contribution in [3.05, 3.63) is 10.4 Å². The first-order chi connectivity index (χ1) is 9.79. The van der Waals surface area contributed by atoms with Crippen molar-refractivity contribution < 1.29 is 9.53 Å². The second kappa shape index (κ2) is 10.1. The fraction of sp³-hybridized carbons (Fsp3) is 0.786. The maximum Gasteiger partial charge on any atom is 0.222 e. The normalized spacial score (nSPS) is 18.1. The highest BCUT2D eigenvalue weighted by molar-refractivity contribution is 5.76. The average Bonchev–Trinajstić information content (AvgIpc) is 2.47. The lowest BCUT2D eigenvalue weighted by Gasteiger charge is -2.35. The smallest absolute Gasteiger partial charge is 0.222 e. The van der Waals surface area contributed by atoms with E-state index in [1.54, 1.807) is 0 Å². The summed E-state index contributed by atoms with van der Waals surface area (Å²) in [7, 11) is 0. The maximum absolute atomic E-state index is 12.2. The number of azide groups is 1. The molecule has 0 aromatic heterocycles. The zero-order chi connectivity index (χ0) is 14.6. The molecule has 110 valence electrons. The molecule has 20 heavy (non-hydrogen) atoms. The van der Waals surface area contributed by atoms with Gasteiger partial charge in [0.1, 0.15) is 6.61 Å². The predicted molar refractivity (Wildman–Crippen MR) is 76.9 cm³/mol. The Morgan fingerprint density at radius 2 is 2.35 bits per heavy atom. The molecule has 1 aliphatic heterocycles. The number of nitrogens with zero attached hydrogens (tertiary/aromatic N) is 4. The first-order valence-electron chi connectivity index (χ1n) is 7.11. The molecule has 6 heteroatoms. The summed E-state index contributed by atoms with van der Waals surface area (Å²) in [5.41, 5.74) is 8.17. The molecule has 1 unspecified atom stereocenters. The van der Waals surface area contributed by atoms with Gasteiger partial charge in [-0.1, -0.05) is 11.0 Å². The third-order valence-electron chi connectivity index (χ3n) is 3.41. The number of hydrogen-bond donors (Lipinski definition) is 0. The molecule has 0 N–H and O–H groups in total. The highest BCUT2D eigenvalue weighted by atomic mass is 16.5. The zero-order valence-electron chi connectivity index (χ0n) is 11.8. The number of likely N-dealkylation sites (tertiary alicyclic amines) is 1. The number of amides is 1. The van der Waals surface area contributed by atoms with Gasteiger partial charge in [-0.05, 0) is 37.6 Å². The van der Waals surface area contributed by atoms with E-state index >= 15 is 0 Å². The summed E-state index contributed by atoms with van der Waals surface area (Å²) in [6.45, 7) is 2.08. The van der Waals surface area contributed by atoms with Crippen molar-refractivity contribution in [1.82, 2.24) is 4.90 Å². The molecule has 1 aliphatic rings. The molecular formula is C14H22N4O2. The summed E-state index contributed by atoms with van der Waals surface area (Å²) < 4.78 is 5.38. The third kappa shape index (κ3) is 5.96. The highest BCUT2D eigenvalue weighted by Gasteiger charge is 2.26. The van der Waals surface area contributed by atoms with Crippen LogP contribution in [-0.2, 0) is 9.53 Å². The van der Waals surface area contributed by atoms with Gasteiger partial charge in [-0.25, -0.2) is 0 Å². The average molecular weight is 278 g/mol. The zero-order valence-corrected chi connectivity index (χ0v) is 11.8. The van der Waals surface area contributed by atoms with Crippen LogP contribution in [0.15, 0.2) is 5.11 Å². The molecule has 0 bridgehead atoms. The van der Waals surface area contributed by atoms with E-state index in [0.29, 0.717) is 26.2 Å². The molecule has 1 fully saturated rings. The summed E-state index contributed by atoms with van der Waals surface area (Å²) in [5, 5.41) is 3.46. The lowest BCUT2D eigenvalue weighted by atomic mass is 10.0. The summed E-state index contributed by atoms with van der Waals surface area (Å²) in [6, 6.07) is 0.154. The van der Waals surface area contributed by atoms with Crippen LogP contribution in [0.5, 0.6) is 0 Å². The minimum atomic E-state index is 0.154. The van der Waals surface area contributed by atoms with Crippen LogP contribution < -0.4 is 0 Å². The number of unbranched alkanes of at least 4 members (excludes halogenated alkanes) is 1. The fourth-order valence-corrected chi connectivity index (χ4v) is 2.40. The van der Waals surface area contributed by atoms with Crippen LogP contribution in [0.1, 0.15) is 38.5 Å². The Bertz CT molecular complexity index is 385. The van der Waals surface area contributed by atoms with Gasteiger partial charge in [-0.2, -0.15) is 0 Å². The Labute approximate surface area is 120 Å². The van der Waals surface area contributed by atoms with Crippen molar-refractivity contribution >= 4 is 5.91 Å². The number of carbonyl (C=O) groups is 1. The lowest BCUT2D eigenvalue weighted by molar-refractivity contribution is -0.136. The minimum Gasteiger partial charge on any atom is -0.367 e. The van der Waals surface area contributed by atoms with E-state index < -0.39 is 0 Å². The van der Waals surface area contributed by atoms with Crippen LogP contribution in [0, 0.1) is 12.3 Å². The number of carbonyl (C=O) groups excluding carboxylic acids is 1. The van der Waals surface area contributed by atoms with Crippen molar-refractivity contribution in [2.45, 2.75) is 44.6 Å². The number of piperidine rings is 1. The third-order valence-corrected chi connectivity index (χ3v) is 3.41. The Hall–Kier alpha value is -1.70. The van der Waals surface area contributed by atoms with Crippen LogP contribution in [0.4, 0.5) is 0 Å². The maximum atomic E-state index is 12.2. The van der Waals surface area contributed by atoms with Gasteiger partial charge < -0.3 is 9.64 Å². The minimum absolute atomic E-state index is 0.154. The van der Waals surface area contributed by atoms with Gasteiger partial charge in [0.15, 0.2) is 0 Å². The van der Waals surface area contributed by atoms with Crippen LogP contribution in [-0.4, -0.2) is 43.2 Å². The van der Waals surface area contributed by atoms with Gasteiger partial charge in [0.25, 0.3) is 0 Å². The van der Waals surface area contributed by atoms with Crippen LogP contribution in [0.3, 0.4) is 0 Å². The number of terminal acetylenes is 1. The van der Waals surface area contributed by atoms with E-state index in [4.69, 9.17) is 16.7 Å². The van der Waals surface area contributed by atoms with Crippen molar-refractivity contribution in [3.63, 3.8) is 0 Å². The number of hydrogen-bond acceptors (Lipinski definition) is 3. The first kappa shape index (κ1) is 16.4. The van der Waals surface area contributed by atoms with Gasteiger partial charge in [0.05, 0.1) is 12.6 Å². The Balaban J connectivity index is 2.33. The fourth-order valence-electron chi connectivity index (χ4n) is 2.40. The molecule has 1 amide bonds. The van der Waals surface area contributed by atoms with E-state index in [9.17, 15) is 4.79 Å². The largest absolute Gasteiger partial charge is 0.367 e. The summed E-state index contributed by atoms with van der Waals surface area (Å²) in [4.78, 5) is 16.8. The first-order valence-corrected chi connectivity index (χ1v) is 7.11. The lowest BCUT2D eigenvalue weighted by Crippen LogP contribution is -2.46. The van der Waals surface area contributed by atoms with Gasteiger partial charge in [0.2, 0.25) is 5.91 Å². The topological polar surface area (TPSA) is 78.3 Å². The highest BCUT2D eigenvalue weighted by Crippen LogP contribution is 2.19. The van der Waals surface area contributed by atoms with Crippen molar-refractivity contribution in [1.29, 1.82) is 0 Å². The van der Waals surface area contributed by atoms with Crippen LogP contribution in [0.25, 0.3) is 10.4 Å². The molecule has 0 aromatic carbocycles. The SMILES string of the molecule is C#CCOCC1CCCCN1C(=O)CCCCN=[N+]=[N-]. The molecule has 0 aliphatic carbocycles. The van der Waals surface area contributed by atoms with Gasteiger partial charge >= 0.3 is 0 Å². The number of ether oxygens (including phenoxy) is 1. The van der Waals surface area contributed by atoms with Gasteiger partial charge in [0, 0.05) is 24.4 Å². The molecule has 1 rings (SSSR count). The Morgan fingerprint density at radius 1 is 1.50 bits per heavy atom. The molecule has 0 spiro atoms. The van der Waals surface area contributed by atoms with E-state index in [-0.39, 0.29) is 11.9 Å². The molecular weight excluding hydrogens is 256 g/mol. The second-order valence-electron chi connectivity index (χ2n) is 4.87. The van der Waals surface area contributed by atoms with E-state index in [0.717, 1.165) is 38.6 Å². The van der Waals surface area contributed by atoms with Gasteiger partial charge in [-0.3, -0.25) is 4.79 Å². The molecule has 0 radical (unpaired) electrons. The molecule has 1 atom stereocenters. The standard InChI is InChI=1S/C14H22N4O2/c1-2-11-20-12-13-7-4-6-10-18(13)14(19)8-3-5-9-16-17-15/h1,13H,3-12H2. The molecule has 0 saturated carbocycles. The Morgan fingerprint density at radius 3 is 3.10 bits per heavy atom. The molecule has 6 nitrogen and oxygen atoms in total. The quantitative estimate of drug-likeness (QED) is 0.225. The van der Waals surface area contributed by atoms with Crippen molar-refractivity contribution in [3.8, 4) is 12.3 Å². The molecule has 1 saturated heterocycles. The number of rotatable bonds is 8.